The van der Waals surface area contributed by atoms with Crippen LogP contribution in [0.3, 0.4) is 0 Å². The molecule has 0 aromatic heterocycles. The van der Waals surface area contributed by atoms with Crippen molar-refractivity contribution in [1.82, 2.24) is 4.90 Å². The topological polar surface area (TPSA) is 23.5 Å². The summed E-state index contributed by atoms with van der Waals surface area (Å²) in [5.74, 6) is 0. The molecule has 1 fully saturated rings. The van der Waals surface area contributed by atoms with Crippen molar-refractivity contribution in [2.24, 2.45) is 0 Å². The van der Waals surface area contributed by atoms with Crippen LogP contribution in [0, 0.1) is 0 Å². The normalized spacial score (nSPS) is 20.8. The van der Waals surface area contributed by atoms with Crippen molar-refractivity contribution in [2.45, 2.75) is 70.9 Å². The first-order valence-corrected chi connectivity index (χ1v) is 6.66. The fourth-order valence-electron chi connectivity index (χ4n) is 2.63. The van der Waals surface area contributed by atoms with Gasteiger partial charge in [-0.25, -0.2) is 0 Å². The Hall–Kier alpha value is -0.0800. The third kappa shape index (κ3) is 4.98. The Balaban J connectivity index is 2.21. The van der Waals surface area contributed by atoms with Gasteiger partial charge in [0.25, 0.3) is 0 Å². The molecule has 0 heterocycles. The summed E-state index contributed by atoms with van der Waals surface area (Å²) >= 11 is 0. The highest BCUT2D eigenvalue weighted by Crippen LogP contribution is 2.22. The Morgan fingerprint density at radius 1 is 1.27 bits per heavy atom. The van der Waals surface area contributed by atoms with Gasteiger partial charge in [-0.15, -0.1) is 0 Å². The summed E-state index contributed by atoms with van der Waals surface area (Å²) in [4.78, 5) is 2.61. The van der Waals surface area contributed by atoms with E-state index in [0.717, 1.165) is 18.9 Å². The van der Waals surface area contributed by atoms with Gasteiger partial charge in [-0.2, -0.15) is 0 Å². The summed E-state index contributed by atoms with van der Waals surface area (Å²) in [7, 11) is 0. The number of hydrogen-bond donors (Lipinski definition) is 1. The maximum absolute atomic E-state index is 9.23. The predicted octanol–water partition coefficient (Wildman–Crippen LogP) is 2.80. The van der Waals surface area contributed by atoms with Gasteiger partial charge in [-0.3, -0.25) is 0 Å². The summed E-state index contributed by atoms with van der Waals surface area (Å²) in [6.45, 7) is 6.49. The second kappa shape index (κ2) is 7.24. The van der Waals surface area contributed by atoms with Gasteiger partial charge in [0.05, 0.1) is 6.10 Å². The fraction of sp³-hybridized carbons (Fsp3) is 1.00. The zero-order valence-corrected chi connectivity index (χ0v) is 10.4. The zero-order valence-electron chi connectivity index (χ0n) is 10.4. The lowest BCUT2D eigenvalue weighted by atomic mass is 9.94. The smallest absolute Gasteiger partial charge is 0.0512 e. The van der Waals surface area contributed by atoms with Crippen LogP contribution in [0.25, 0.3) is 0 Å². The monoisotopic (exact) mass is 213 g/mol. The van der Waals surface area contributed by atoms with E-state index < -0.39 is 0 Å². The van der Waals surface area contributed by atoms with Gasteiger partial charge in [0.15, 0.2) is 0 Å². The number of aliphatic hydroxyl groups is 1. The summed E-state index contributed by atoms with van der Waals surface area (Å²) in [5.41, 5.74) is 0. The van der Waals surface area contributed by atoms with E-state index in [-0.39, 0.29) is 6.10 Å². The molecule has 0 bridgehead atoms. The van der Waals surface area contributed by atoms with Crippen LogP contribution in [0.2, 0.25) is 0 Å². The van der Waals surface area contributed by atoms with Gasteiger partial charge in [-0.05, 0) is 45.7 Å². The number of nitrogens with zero attached hydrogens (tertiary/aromatic N) is 1. The summed E-state index contributed by atoms with van der Waals surface area (Å²) in [5, 5.41) is 9.23. The Bertz CT molecular complexity index is 153. The molecule has 1 rings (SSSR count). The molecule has 1 aliphatic carbocycles. The Morgan fingerprint density at radius 2 is 1.93 bits per heavy atom. The minimum atomic E-state index is -0.130. The average Bonchev–Trinajstić information content (AvgIpc) is 2.25. The summed E-state index contributed by atoms with van der Waals surface area (Å²) in [6, 6.07) is 0.831. The van der Waals surface area contributed by atoms with Crippen molar-refractivity contribution in [2.75, 3.05) is 13.1 Å². The fourth-order valence-corrected chi connectivity index (χ4v) is 2.63. The lowest BCUT2D eigenvalue weighted by Gasteiger charge is -2.33. The van der Waals surface area contributed by atoms with Gasteiger partial charge in [-0.1, -0.05) is 26.2 Å². The van der Waals surface area contributed by atoms with Crippen molar-refractivity contribution in [3.63, 3.8) is 0 Å². The molecular formula is C13H27NO. The lowest BCUT2D eigenvalue weighted by molar-refractivity contribution is 0.140. The summed E-state index contributed by atoms with van der Waals surface area (Å²) < 4.78 is 0. The molecule has 0 amide bonds. The van der Waals surface area contributed by atoms with Crippen molar-refractivity contribution >= 4 is 0 Å². The van der Waals surface area contributed by atoms with Crippen molar-refractivity contribution < 1.29 is 5.11 Å². The number of hydrogen-bond acceptors (Lipinski definition) is 2. The Morgan fingerprint density at radius 3 is 2.47 bits per heavy atom. The minimum Gasteiger partial charge on any atom is -0.393 e. The zero-order chi connectivity index (χ0) is 11.1. The molecule has 1 unspecified atom stereocenters. The molecule has 0 aromatic carbocycles. The van der Waals surface area contributed by atoms with E-state index in [0.29, 0.717) is 0 Å². The molecule has 90 valence electrons. The van der Waals surface area contributed by atoms with E-state index in [1.807, 2.05) is 6.92 Å². The first kappa shape index (κ1) is 13.0. The Labute approximate surface area is 94.7 Å². The minimum absolute atomic E-state index is 0.130. The van der Waals surface area contributed by atoms with Crippen molar-refractivity contribution in [1.29, 1.82) is 0 Å². The SMILES string of the molecule is CCN(CCCC(C)O)C1CCCCC1. The summed E-state index contributed by atoms with van der Waals surface area (Å²) in [6.07, 6.45) is 9.00. The highest BCUT2D eigenvalue weighted by atomic mass is 16.3. The van der Waals surface area contributed by atoms with E-state index >= 15 is 0 Å². The van der Waals surface area contributed by atoms with Crippen LogP contribution in [-0.2, 0) is 0 Å². The molecule has 1 atom stereocenters. The van der Waals surface area contributed by atoms with Gasteiger partial charge in [0, 0.05) is 6.04 Å². The van der Waals surface area contributed by atoms with Crippen LogP contribution < -0.4 is 0 Å². The van der Waals surface area contributed by atoms with Gasteiger partial charge >= 0.3 is 0 Å². The van der Waals surface area contributed by atoms with E-state index in [9.17, 15) is 5.11 Å². The second-order valence-corrected chi connectivity index (χ2v) is 4.91. The molecule has 2 nitrogen and oxygen atoms in total. The van der Waals surface area contributed by atoms with Crippen LogP contribution in [-0.4, -0.2) is 35.2 Å². The van der Waals surface area contributed by atoms with Crippen LogP contribution in [0.1, 0.15) is 58.8 Å². The van der Waals surface area contributed by atoms with E-state index in [4.69, 9.17) is 0 Å². The van der Waals surface area contributed by atoms with E-state index in [1.54, 1.807) is 0 Å². The van der Waals surface area contributed by atoms with Crippen LogP contribution in [0.5, 0.6) is 0 Å². The second-order valence-electron chi connectivity index (χ2n) is 4.91. The van der Waals surface area contributed by atoms with Crippen molar-refractivity contribution in [3.8, 4) is 0 Å². The largest absolute Gasteiger partial charge is 0.393 e. The van der Waals surface area contributed by atoms with Crippen LogP contribution in [0.15, 0.2) is 0 Å². The molecule has 0 radical (unpaired) electrons. The molecule has 1 N–H and O–H groups in total. The number of aliphatic hydroxyl groups excluding tert-OH is 1. The first-order chi connectivity index (χ1) is 7.24. The maximum atomic E-state index is 9.23. The van der Waals surface area contributed by atoms with Gasteiger partial charge in [0.2, 0.25) is 0 Å². The third-order valence-corrected chi connectivity index (χ3v) is 3.56. The first-order valence-electron chi connectivity index (χ1n) is 6.66. The molecule has 1 aliphatic rings. The number of rotatable bonds is 6. The Kier molecular flexibility index (Phi) is 6.26. The molecule has 0 spiro atoms. The predicted molar refractivity (Wildman–Crippen MR) is 65.0 cm³/mol. The average molecular weight is 213 g/mol. The molecule has 2 heteroatoms. The maximum Gasteiger partial charge on any atom is 0.0512 e. The lowest BCUT2D eigenvalue weighted by Crippen LogP contribution is -2.37. The molecular weight excluding hydrogens is 186 g/mol. The highest BCUT2D eigenvalue weighted by Gasteiger charge is 2.19. The van der Waals surface area contributed by atoms with E-state index in [2.05, 4.69) is 11.8 Å². The van der Waals surface area contributed by atoms with Crippen LogP contribution in [0.4, 0.5) is 0 Å². The standard InChI is InChI=1S/C13H27NO/c1-3-14(11-7-8-12(2)15)13-9-5-4-6-10-13/h12-13,15H,3-11H2,1-2H3. The van der Waals surface area contributed by atoms with E-state index in [1.165, 1.54) is 45.2 Å². The van der Waals surface area contributed by atoms with Gasteiger partial charge in [0.1, 0.15) is 0 Å². The molecule has 0 aromatic rings. The molecule has 1 saturated carbocycles. The highest BCUT2D eigenvalue weighted by molar-refractivity contribution is 4.75. The molecule has 0 saturated heterocycles. The molecule has 15 heavy (non-hydrogen) atoms. The quantitative estimate of drug-likeness (QED) is 0.733. The van der Waals surface area contributed by atoms with Gasteiger partial charge < -0.3 is 10.0 Å². The van der Waals surface area contributed by atoms with Crippen molar-refractivity contribution in [3.05, 3.63) is 0 Å². The third-order valence-electron chi connectivity index (χ3n) is 3.56. The molecule has 0 aliphatic heterocycles. The van der Waals surface area contributed by atoms with Crippen LogP contribution >= 0.6 is 0 Å².